The van der Waals surface area contributed by atoms with Crippen LogP contribution in [0.1, 0.15) is 57.4 Å². The molecule has 3 fully saturated rings. The maximum atomic E-state index is 13.6. The van der Waals surface area contributed by atoms with Crippen molar-refractivity contribution in [3.63, 3.8) is 0 Å². The van der Waals surface area contributed by atoms with Gasteiger partial charge in [0.2, 0.25) is 5.91 Å². The molecule has 1 aromatic carbocycles. The normalized spacial score (nSPS) is 28.9. The Kier molecular flexibility index (Phi) is 6.74. The van der Waals surface area contributed by atoms with E-state index in [1.807, 2.05) is 0 Å². The highest BCUT2D eigenvalue weighted by Gasteiger charge is 2.56. The van der Waals surface area contributed by atoms with Gasteiger partial charge in [-0.25, -0.2) is 4.79 Å². The second kappa shape index (κ2) is 9.26. The fourth-order valence-electron chi connectivity index (χ4n) is 6.28. The number of rotatable bonds is 8. The largest absolute Gasteiger partial charge is 0.395 e. The Hall–Kier alpha value is -2.12. The number of carbonyl (C=O) groups is 2. The molecule has 33 heavy (non-hydrogen) atoms. The van der Waals surface area contributed by atoms with Gasteiger partial charge < -0.3 is 20.2 Å². The number of urea groups is 1. The second-order valence-electron chi connectivity index (χ2n) is 11.0. The van der Waals surface area contributed by atoms with Crippen molar-refractivity contribution in [1.82, 2.24) is 20.0 Å². The minimum atomic E-state index is -0.221. The van der Waals surface area contributed by atoms with Crippen molar-refractivity contribution in [2.75, 3.05) is 46.9 Å². The van der Waals surface area contributed by atoms with E-state index >= 15 is 0 Å². The average molecular weight is 457 g/mol. The highest BCUT2D eigenvalue weighted by Crippen LogP contribution is 2.51. The van der Waals surface area contributed by atoms with Crippen molar-refractivity contribution in [3.05, 3.63) is 35.9 Å². The van der Waals surface area contributed by atoms with E-state index in [9.17, 15) is 9.59 Å². The highest BCUT2D eigenvalue weighted by atomic mass is 16.3. The molecule has 3 aliphatic rings. The topological polar surface area (TPSA) is 76.1 Å². The summed E-state index contributed by atoms with van der Waals surface area (Å²) in [4.78, 5) is 32.2. The Labute approximate surface area is 198 Å². The van der Waals surface area contributed by atoms with Gasteiger partial charge in [-0.15, -0.1) is 0 Å². The first-order valence-electron chi connectivity index (χ1n) is 12.4. The zero-order valence-electron chi connectivity index (χ0n) is 20.5. The van der Waals surface area contributed by atoms with E-state index in [1.165, 1.54) is 12.0 Å². The number of carbonyl (C=O) groups excluding carboxylic acids is 2. The van der Waals surface area contributed by atoms with Gasteiger partial charge in [0.15, 0.2) is 0 Å². The van der Waals surface area contributed by atoms with Crippen LogP contribution >= 0.6 is 0 Å². The van der Waals surface area contributed by atoms with Gasteiger partial charge in [-0.3, -0.25) is 9.69 Å². The third kappa shape index (κ3) is 4.50. The smallest absolute Gasteiger partial charge is 0.321 e. The maximum Gasteiger partial charge on any atom is 0.321 e. The average Bonchev–Trinajstić information content (AvgIpc) is 3.03. The summed E-state index contributed by atoms with van der Waals surface area (Å²) >= 11 is 0. The summed E-state index contributed by atoms with van der Waals surface area (Å²) in [6.07, 6.45) is 7.37. The molecule has 0 unspecified atom stereocenters. The Morgan fingerprint density at radius 2 is 1.76 bits per heavy atom. The second-order valence-corrected chi connectivity index (χ2v) is 11.0. The standard InChI is InChI=1S/C26H40N4O3/c1-24(10-7-11-24)19-30-23(33)29(18-22(32)27-16-17-31)20-25(30)12-14-26(15-13-25,28(2)3)21-8-5-4-6-9-21/h4-6,8-9,31H,7,10-20H2,1-3H3,(H,27,32)/t25-,26-. The quantitative estimate of drug-likeness (QED) is 0.631. The molecule has 1 aliphatic heterocycles. The SMILES string of the molecule is CN(C)[C@]1(c2ccccc2)CC[C@@]2(CC1)CN(CC(=O)NCCO)C(=O)N2CC1(C)CCC1. The van der Waals surface area contributed by atoms with E-state index in [2.05, 4.69) is 66.5 Å². The summed E-state index contributed by atoms with van der Waals surface area (Å²) in [6, 6.07) is 10.7. The van der Waals surface area contributed by atoms with Crippen molar-refractivity contribution < 1.29 is 14.7 Å². The molecule has 1 aromatic rings. The number of hydrogen-bond donors (Lipinski definition) is 2. The lowest BCUT2D eigenvalue weighted by molar-refractivity contribution is -0.121. The summed E-state index contributed by atoms with van der Waals surface area (Å²) in [7, 11) is 4.32. The first-order chi connectivity index (χ1) is 15.7. The van der Waals surface area contributed by atoms with Crippen molar-refractivity contribution in [2.45, 2.75) is 62.9 Å². The molecular formula is C26H40N4O3. The van der Waals surface area contributed by atoms with E-state index in [0.717, 1.165) is 45.1 Å². The fraction of sp³-hybridized carbons (Fsp3) is 0.692. The van der Waals surface area contributed by atoms with Crippen LogP contribution in [0.15, 0.2) is 30.3 Å². The van der Waals surface area contributed by atoms with Crippen LogP contribution in [-0.2, 0) is 10.3 Å². The summed E-state index contributed by atoms with van der Waals surface area (Å²) in [5.41, 5.74) is 1.27. The molecule has 2 N–H and O–H groups in total. The van der Waals surface area contributed by atoms with Crippen LogP contribution in [0.2, 0.25) is 0 Å². The van der Waals surface area contributed by atoms with Gasteiger partial charge in [-0.05, 0) is 63.6 Å². The third-order valence-electron chi connectivity index (χ3n) is 8.60. The van der Waals surface area contributed by atoms with Gasteiger partial charge in [0.25, 0.3) is 0 Å². The fourth-order valence-corrected chi connectivity index (χ4v) is 6.28. The van der Waals surface area contributed by atoms with Crippen LogP contribution in [0.5, 0.6) is 0 Å². The number of nitrogens with zero attached hydrogens (tertiary/aromatic N) is 3. The van der Waals surface area contributed by atoms with Crippen molar-refractivity contribution >= 4 is 11.9 Å². The number of hydrogen-bond acceptors (Lipinski definition) is 4. The van der Waals surface area contributed by atoms with E-state index in [-0.39, 0.29) is 48.1 Å². The number of benzene rings is 1. The van der Waals surface area contributed by atoms with Crippen molar-refractivity contribution in [2.24, 2.45) is 5.41 Å². The minimum Gasteiger partial charge on any atom is -0.395 e. The van der Waals surface area contributed by atoms with E-state index in [0.29, 0.717) is 6.54 Å². The van der Waals surface area contributed by atoms with Gasteiger partial charge >= 0.3 is 6.03 Å². The van der Waals surface area contributed by atoms with E-state index in [4.69, 9.17) is 5.11 Å². The molecule has 4 rings (SSSR count). The molecule has 1 heterocycles. The lowest BCUT2D eigenvalue weighted by Gasteiger charge is -2.53. The van der Waals surface area contributed by atoms with Crippen LogP contribution in [-0.4, -0.2) is 84.2 Å². The molecule has 7 heteroatoms. The molecule has 1 saturated heterocycles. The zero-order valence-corrected chi connectivity index (χ0v) is 20.5. The molecule has 0 aromatic heterocycles. The Morgan fingerprint density at radius 3 is 2.30 bits per heavy atom. The lowest BCUT2D eigenvalue weighted by Crippen LogP contribution is -2.57. The van der Waals surface area contributed by atoms with Gasteiger partial charge in [0, 0.05) is 25.2 Å². The summed E-state index contributed by atoms with van der Waals surface area (Å²) in [6.45, 7) is 3.86. The van der Waals surface area contributed by atoms with Crippen LogP contribution in [0, 0.1) is 5.41 Å². The molecular weight excluding hydrogens is 416 g/mol. The number of aliphatic hydroxyl groups is 1. The number of aliphatic hydroxyl groups excluding tert-OH is 1. The van der Waals surface area contributed by atoms with Gasteiger partial charge in [-0.2, -0.15) is 0 Å². The number of nitrogens with one attached hydrogen (secondary N) is 1. The zero-order chi connectivity index (χ0) is 23.7. The first kappa shape index (κ1) is 24.0. The van der Waals surface area contributed by atoms with Crippen LogP contribution < -0.4 is 5.32 Å². The van der Waals surface area contributed by atoms with Crippen LogP contribution in [0.25, 0.3) is 0 Å². The summed E-state index contributed by atoms with van der Waals surface area (Å²) in [5, 5.41) is 11.7. The molecule has 3 amide bonds. The van der Waals surface area contributed by atoms with Gasteiger partial charge in [-0.1, -0.05) is 43.7 Å². The lowest BCUT2D eigenvalue weighted by atomic mass is 9.66. The predicted molar refractivity (Wildman–Crippen MR) is 129 cm³/mol. The van der Waals surface area contributed by atoms with E-state index in [1.54, 1.807) is 4.90 Å². The molecule has 2 saturated carbocycles. The molecule has 1 spiro atoms. The predicted octanol–water partition coefficient (Wildman–Crippen LogP) is 2.79. The first-order valence-corrected chi connectivity index (χ1v) is 12.4. The molecule has 0 bridgehead atoms. The maximum absolute atomic E-state index is 13.6. The molecule has 0 atom stereocenters. The van der Waals surface area contributed by atoms with Gasteiger partial charge in [0.1, 0.15) is 6.54 Å². The van der Waals surface area contributed by atoms with Crippen LogP contribution in [0.3, 0.4) is 0 Å². The Bertz CT molecular complexity index is 844. The molecule has 2 aliphatic carbocycles. The molecule has 7 nitrogen and oxygen atoms in total. The Morgan fingerprint density at radius 1 is 1.09 bits per heavy atom. The van der Waals surface area contributed by atoms with E-state index < -0.39 is 0 Å². The third-order valence-corrected chi connectivity index (χ3v) is 8.60. The summed E-state index contributed by atoms with van der Waals surface area (Å²) in [5.74, 6) is -0.202. The Balaban J connectivity index is 1.57. The van der Waals surface area contributed by atoms with Crippen LogP contribution in [0.4, 0.5) is 4.79 Å². The highest BCUT2D eigenvalue weighted by molar-refractivity contribution is 5.86. The molecule has 182 valence electrons. The summed E-state index contributed by atoms with van der Waals surface area (Å²) < 4.78 is 0. The van der Waals surface area contributed by atoms with Crippen molar-refractivity contribution in [3.8, 4) is 0 Å². The minimum absolute atomic E-state index is 0.000613. The molecule has 0 radical (unpaired) electrons. The monoisotopic (exact) mass is 456 g/mol. The number of amides is 3. The van der Waals surface area contributed by atoms with Gasteiger partial charge in [0.05, 0.1) is 12.1 Å². The van der Waals surface area contributed by atoms with Crippen molar-refractivity contribution in [1.29, 1.82) is 0 Å².